The molecule has 39 heavy (non-hydrogen) atoms. The van der Waals surface area contributed by atoms with Gasteiger partial charge in [0.1, 0.15) is 10.3 Å². The van der Waals surface area contributed by atoms with E-state index in [4.69, 9.17) is 0 Å². The van der Waals surface area contributed by atoms with Crippen molar-refractivity contribution in [2.75, 3.05) is 4.90 Å². The molecule has 198 valence electrons. The highest BCUT2D eigenvalue weighted by atomic mass is 32.2. The molecule has 10 heteroatoms. The summed E-state index contributed by atoms with van der Waals surface area (Å²) in [6, 6.07) is 14.5. The normalized spacial score (nSPS) is 23.4. The minimum absolute atomic E-state index is 0.000304. The van der Waals surface area contributed by atoms with Gasteiger partial charge in [-0.2, -0.15) is 0 Å². The molecule has 1 saturated carbocycles. The zero-order valence-corrected chi connectivity index (χ0v) is 22.0. The van der Waals surface area contributed by atoms with E-state index in [9.17, 15) is 14.4 Å². The van der Waals surface area contributed by atoms with Crippen LogP contribution in [-0.2, 0) is 9.59 Å². The molecule has 9 nitrogen and oxygen atoms in total. The van der Waals surface area contributed by atoms with Crippen molar-refractivity contribution in [2.24, 2.45) is 0 Å². The molecule has 0 spiro atoms. The second-order valence-corrected chi connectivity index (χ2v) is 11.0. The molecule has 1 fully saturated rings. The van der Waals surface area contributed by atoms with Crippen molar-refractivity contribution in [1.29, 1.82) is 0 Å². The molecule has 0 radical (unpaired) electrons. The van der Waals surface area contributed by atoms with Crippen LogP contribution in [0.4, 0.5) is 16.2 Å². The number of pyridine rings is 2. The smallest absolute Gasteiger partial charge is 0.327 e. The van der Waals surface area contributed by atoms with Crippen LogP contribution in [0.3, 0.4) is 0 Å². The first-order valence-corrected chi connectivity index (χ1v) is 13.9. The van der Waals surface area contributed by atoms with Crippen LogP contribution >= 0.6 is 11.8 Å². The average molecular weight is 541 g/mol. The standard InChI is InChI=1S/C29H28N6O3S/c1-2-23(36)32-18-9-6-10-19(15-18)33-27(37)26-25-24-22(12-14-31-28(24)39-26)35(29(38)34-25)20-11-13-30-21(16-20)17-7-4-3-5-8-17/h2-5,7-8,11-14,16,18-19,25-26H,1,6,9-10,15H2,(H,32,36)(H,33,37)(H,34,38)/t18-,19-,25?,26?/m1/s1. The fourth-order valence-corrected chi connectivity index (χ4v) is 6.84. The Morgan fingerprint density at radius 1 is 1.05 bits per heavy atom. The minimum Gasteiger partial charge on any atom is -0.352 e. The lowest BCUT2D eigenvalue weighted by Crippen LogP contribution is -2.51. The molecule has 1 aromatic carbocycles. The molecule has 2 unspecified atom stereocenters. The van der Waals surface area contributed by atoms with Gasteiger partial charge < -0.3 is 16.0 Å². The molecular weight excluding hydrogens is 512 g/mol. The number of benzene rings is 1. The zero-order valence-electron chi connectivity index (χ0n) is 21.2. The van der Waals surface area contributed by atoms with Crippen LogP contribution in [0.5, 0.6) is 0 Å². The third-order valence-corrected chi connectivity index (χ3v) is 8.68. The molecular formula is C29H28N6O3S. The second kappa shape index (κ2) is 10.5. The number of thioether (sulfide) groups is 1. The fourth-order valence-electron chi connectivity index (χ4n) is 5.60. The van der Waals surface area contributed by atoms with Gasteiger partial charge in [-0.15, -0.1) is 0 Å². The first-order valence-electron chi connectivity index (χ1n) is 13.0. The van der Waals surface area contributed by atoms with Gasteiger partial charge in [0, 0.05) is 35.6 Å². The lowest BCUT2D eigenvalue weighted by molar-refractivity contribution is -0.121. The SMILES string of the molecule is C=CC(=O)N[C@@H]1CCC[C@@H](NC(=O)C2Sc3nccc4c3C2NC(=O)N4c2ccnc(-c3ccccc3)c2)C1. The van der Waals surface area contributed by atoms with Gasteiger partial charge >= 0.3 is 6.03 Å². The van der Waals surface area contributed by atoms with Crippen molar-refractivity contribution in [3.63, 3.8) is 0 Å². The summed E-state index contributed by atoms with van der Waals surface area (Å²) >= 11 is 1.37. The predicted molar refractivity (Wildman–Crippen MR) is 149 cm³/mol. The number of carbonyl (C=O) groups is 3. The van der Waals surface area contributed by atoms with Crippen LogP contribution in [0.1, 0.15) is 37.3 Å². The van der Waals surface area contributed by atoms with Crippen LogP contribution in [0.2, 0.25) is 0 Å². The second-order valence-electron chi connectivity index (χ2n) is 9.90. The maximum Gasteiger partial charge on any atom is 0.327 e. The van der Waals surface area contributed by atoms with E-state index in [1.807, 2.05) is 42.5 Å². The summed E-state index contributed by atoms with van der Waals surface area (Å²) in [4.78, 5) is 49.4. The van der Waals surface area contributed by atoms with E-state index in [0.29, 0.717) is 17.8 Å². The van der Waals surface area contributed by atoms with E-state index in [1.54, 1.807) is 23.4 Å². The quantitative estimate of drug-likeness (QED) is 0.403. The fraction of sp³-hybridized carbons (Fsp3) is 0.276. The molecule has 4 heterocycles. The molecule has 4 atom stereocenters. The van der Waals surface area contributed by atoms with Gasteiger partial charge in [0.05, 0.1) is 23.1 Å². The van der Waals surface area contributed by atoms with Gasteiger partial charge in [0.25, 0.3) is 0 Å². The summed E-state index contributed by atoms with van der Waals surface area (Å²) in [5.74, 6) is -0.342. The maximum absolute atomic E-state index is 13.5. The van der Waals surface area contributed by atoms with Crippen molar-refractivity contribution in [2.45, 2.75) is 54.1 Å². The number of hydrogen-bond acceptors (Lipinski definition) is 6. The highest BCUT2D eigenvalue weighted by molar-refractivity contribution is 8.01. The van der Waals surface area contributed by atoms with E-state index < -0.39 is 11.3 Å². The van der Waals surface area contributed by atoms with Crippen LogP contribution in [0.15, 0.2) is 78.6 Å². The summed E-state index contributed by atoms with van der Waals surface area (Å²) in [5.41, 5.74) is 3.96. The number of carbonyl (C=O) groups excluding carboxylic acids is 3. The Morgan fingerprint density at radius 3 is 2.62 bits per heavy atom. The molecule has 0 saturated heterocycles. The van der Waals surface area contributed by atoms with Gasteiger partial charge in [-0.05, 0) is 50.0 Å². The van der Waals surface area contributed by atoms with Crippen LogP contribution in [0.25, 0.3) is 11.3 Å². The van der Waals surface area contributed by atoms with E-state index in [2.05, 4.69) is 32.5 Å². The van der Waals surface area contributed by atoms with Gasteiger partial charge in [-0.25, -0.2) is 9.78 Å². The first-order chi connectivity index (χ1) is 19.0. The number of hydrogen-bond donors (Lipinski definition) is 3. The highest BCUT2D eigenvalue weighted by Crippen LogP contribution is 2.50. The monoisotopic (exact) mass is 540 g/mol. The Kier molecular flexibility index (Phi) is 6.78. The molecule has 2 aromatic heterocycles. The van der Waals surface area contributed by atoms with Gasteiger partial charge in [0.2, 0.25) is 11.8 Å². The van der Waals surface area contributed by atoms with Crippen LogP contribution in [0, 0.1) is 0 Å². The Balaban J connectivity index is 1.23. The Labute approximate surface area is 230 Å². The molecule has 3 aliphatic rings. The molecule has 6 rings (SSSR count). The third kappa shape index (κ3) is 4.87. The molecule has 1 aliphatic carbocycles. The zero-order chi connectivity index (χ0) is 26.9. The lowest BCUT2D eigenvalue weighted by Gasteiger charge is -2.35. The number of amides is 4. The molecule has 3 N–H and O–H groups in total. The van der Waals surface area contributed by atoms with E-state index in [-0.39, 0.29) is 29.9 Å². The largest absolute Gasteiger partial charge is 0.352 e. The molecule has 3 aromatic rings. The number of nitrogens with zero attached hydrogens (tertiary/aromatic N) is 3. The van der Waals surface area contributed by atoms with Gasteiger partial charge in [-0.1, -0.05) is 48.7 Å². The Morgan fingerprint density at radius 2 is 1.82 bits per heavy atom. The summed E-state index contributed by atoms with van der Waals surface area (Å²) in [6.07, 6.45) is 7.92. The highest BCUT2D eigenvalue weighted by Gasteiger charge is 2.47. The number of rotatable bonds is 6. The van der Waals surface area contributed by atoms with E-state index in [1.165, 1.54) is 17.8 Å². The van der Waals surface area contributed by atoms with Crippen LogP contribution < -0.4 is 20.9 Å². The maximum atomic E-state index is 13.5. The summed E-state index contributed by atoms with van der Waals surface area (Å²) < 4.78 is 0. The molecule has 4 amide bonds. The minimum atomic E-state index is -0.541. The van der Waals surface area contributed by atoms with Crippen molar-refractivity contribution in [1.82, 2.24) is 25.9 Å². The summed E-state index contributed by atoms with van der Waals surface area (Å²) in [6.45, 7) is 3.51. The van der Waals surface area contributed by atoms with E-state index >= 15 is 0 Å². The van der Waals surface area contributed by atoms with Gasteiger partial charge in [0.15, 0.2) is 0 Å². The average Bonchev–Trinajstić information content (AvgIpc) is 3.33. The van der Waals surface area contributed by atoms with Crippen LogP contribution in [-0.4, -0.2) is 45.1 Å². The Bertz CT molecular complexity index is 1450. The number of urea groups is 1. The van der Waals surface area contributed by atoms with Crippen molar-refractivity contribution < 1.29 is 14.4 Å². The van der Waals surface area contributed by atoms with Crippen molar-refractivity contribution in [3.05, 3.63) is 79.1 Å². The summed E-state index contributed by atoms with van der Waals surface area (Å²) in [5, 5.41) is 9.38. The number of anilines is 2. The van der Waals surface area contributed by atoms with E-state index in [0.717, 1.165) is 41.1 Å². The predicted octanol–water partition coefficient (Wildman–Crippen LogP) is 4.25. The van der Waals surface area contributed by atoms with Gasteiger partial charge in [-0.3, -0.25) is 19.5 Å². The van der Waals surface area contributed by atoms with Crippen molar-refractivity contribution >= 4 is 41.0 Å². The first kappa shape index (κ1) is 25.1. The molecule has 2 aliphatic heterocycles. The Hall–Kier alpha value is -4.18. The van der Waals surface area contributed by atoms with Crippen molar-refractivity contribution in [3.8, 4) is 11.3 Å². The number of nitrogens with one attached hydrogen (secondary N) is 3. The lowest BCUT2D eigenvalue weighted by atomic mass is 9.90. The number of aromatic nitrogens is 2. The topological polar surface area (TPSA) is 116 Å². The molecule has 0 bridgehead atoms. The summed E-state index contributed by atoms with van der Waals surface area (Å²) in [7, 11) is 0. The third-order valence-electron chi connectivity index (χ3n) is 7.39.